The zero-order valence-corrected chi connectivity index (χ0v) is 11.5. The van der Waals surface area contributed by atoms with Crippen molar-refractivity contribution in [3.8, 4) is 0 Å². The number of thiophene rings is 1. The van der Waals surface area contributed by atoms with Crippen molar-refractivity contribution in [1.82, 2.24) is 4.98 Å². The van der Waals surface area contributed by atoms with E-state index in [4.69, 9.17) is 5.73 Å². The summed E-state index contributed by atoms with van der Waals surface area (Å²) in [4.78, 5) is 17.1. The van der Waals surface area contributed by atoms with Crippen LogP contribution in [0.5, 0.6) is 0 Å². The lowest BCUT2D eigenvalue weighted by atomic mass is 10.2. The Morgan fingerprint density at radius 1 is 1.44 bits per heavy atom. The van der Waals surface area contributed by atoms with E-state index in [1.165, 1.54) is 11.3 Å². The molecule has 16 heavy (non-hydrogen) atoms. The molecule has 0 radical (unpaired) electrons. The SMILES string of the molecule is NCc1nc(C(=O)Cc2cc(Br)cs2)cs1. The number of halogens is 1. The maximum Gasteiger partial charge on any atom is 0.187 e. The van der Waals surface area contributed by atoms with Gasteiger partial charge in [-0.15, -0.1) is 22.7 Å². The lowest BCUT2D eigenvalue weighted by Crippen LogP contribution is -2.04. The normalized spacial score (nSPS) is 10.6. The molecule has 2 aromatic rings. The molecule has 0 aliphatic rings. The van der Waals surface area contributed by atoms with Gasteiger partial charge in [0, 0.05) is 33.1 Å². The van der Waals surface area contributed by atoms with E-state index in [0.29, 0.717) is 18.7 Å². The molecule has 6 heteroatoms. The summed E-state index contributed by atoms with van der Waals surface area (Å²) in [7, 11) is 0. The first-order chi connectivity index (χ1) is 7.69. The van der Waals surface area contributed by atoms with Crippen LogP contribution in [0.1, 0.15) is 20.4 Å². The number of rotatable bonds is 4. The lowest BCUT2D eigenvalue weighted by Gasteiger charge is -1.93. The summed E-state index contributed by atoms with van der Waals surface area (Å²) >= 11 is 6.36. The standard InChI is InChI=1S/C10H9BrN2OS2/c11-6-1-7(15-4-6)2-9(14)8-5-16-10(3-12)13-8/h1,4-5H,2-3,12H2. The van der Waals surface area contributed by atoms with Gasteiger partial charge in [-0.05, 0) is 22.0 Å². The van der Waals surface area contributed by atoms with Gasteiger partial charge in [-0.25, -0.2) is 4.98 Å². The van der Waals surface area contributed by atoms with Crippen LogP contribution < -0.4 is 5.73 Å². The molecule has 0 spiro atoms. The Balaban J connectivity index is 2.08. The number of carbonyl (C=O) groups is 1. The predicted molar refractivity (Wildman–Crippen MR) is 70.1 cm³/mol. The second kappa shape index (κ2) is 5.18. The highest BCUT2D eigenvalue weighted by Gasteiger charge is 2.12. The van der Waals surface area contributed by atoms with Crippen molar-refractivity contribution in [1.29, 1.82) is 0 Å². The van der Waals surface area contributed by atoms with E-state index >= 15 is 0 Å². The molecule has 2 N–H and O–H groups in total. The Morgan fingerprint density at radius 3 is 2.81 bits per heavy atom. The molecule has 0 fully saturated rings. The predicted octanol–water partition coefficient (Wildman–Crippen LogP) is 2.85. The highest BCUT2D eigenvalue weighted by molar-refractivity contribution is 9.10. The third kappa shape index (κ3) is 2.76. The molecule has 0 unspecified atom stereocenters. The van der Waals surface area contributed by atoms with Gasteiger partial charge in [-0.2, -0.15) is 0 Å². The van der Waals surface area contributed by atoms with E-state index < -0.39 is 0 Å². The van der Waals surface area contributed by atoms with E-state index in [1.54, 1.807) is 16.7 Å². The number of thiazole rings is 1. The Morgan fingerprint density at radius 2 is 2.25 bits per heavy atom. The number of hydrogen-bond donors (Lipinski definition) is 1. The molecular weight excluding hydrogens is 308 g/mol. The molecular formula is C10H9BrN2OS2. The first-order valence-electron chi connectivity index (χ1n) is 4.59. The Kier molecular flexibility index (Phi) is 3.86. The van der Waals surface area contributed by atoms with Gasteiger partial charge in [0.15, 0.2) is 5.78 Å². The van der Waals surface area contributed by atoms with E-state index in [-0.39, 0.29) is 5.78 Å². The number of nitrogens with two attached hydrogens (primary N) is 1. The minimum absolute atomic E-state index is 0.0466. The largest absolute Gasteiger partial charge is 0.325 e. The van der Waals surface area contributed by atoms with Gasteiger partial charge in [0.1, 0.15) is 10.7 Å². The fourth-order valence-electron chi connectivity index (χ4n) is 1.23. The lowest BCUT2D eigenvalue weighted by molar-refractivity contribution is 0.0989. The molecule has 0 amide bonds. The zero-order valence-electron chi connectivity index (χ0n) is 8.27. The van der Waals surface area contributed by atoms with Crippen molar-refractivity contribution in [2.75, 3.05) is 0 Å². The quantitative estimate of drug-likeness (QED) is 0.882. The second-order valence-corrected chi connectivity index (χ2v) is 6.02. The number of aromatic nitrogens is 1. The molecule has 0 aromatic carbocycles. The van der Waals surface area contributed by atoms with E-state index in [2.05, 4.69) is 20.9 Å². The third-order valence-electron chi connectivity index (χ3n) is 1.97. The third-order valence-corrected chi connectivity index (χ3v) is 4.54. The molecule has 84 valence electrons. The maximum absolute atomic E-state index is 11.8. The van der Waals surface area contributed by atoms with Crippen LogP contribution >= 0.6 is 38.6 Å². The van der Waals surface area contributed by atoms with E-state index in [1.807, 2.05) is 11.4 Å². The van der Waals surface area contributed by atoms with Crippen LogP contribution in [-0.2, 0) is 13.0 Å². The van der Waals surface area contributed by atoms with Gasteiger partial charge in [0.2, 0.25) is 0 Å². The molecule has 0 saturated carbocycles. The van der Waals surface area contributed by atoms with Crippen molar-refractivity contribution < 1.29 is 4.79 Å². The minimum atomic E-state index is 0.0466. The smallest absolute Gasteiger partial charge is 0.187 e. The topological polar surface area (TPSA) is 56.0 Å². The summed E-state index contributed by atoms with van der Waals surface area (Å²) in [6.07, 6.45) is 0.407. The summed E-state index contributed by atoms with van der Waals surface area (Å²) in [6.45, 7) is 0.391. The number of ketones is 1. The number of hydrogen-bond acceptors (Lipinski definition) is 5. The molecule has 0 bridgehead atoms. The molecule has 0 saturated heterocycles. The summed E-state index contributed by atoms with van der Waals surface area (Å²) in [5.74, 6) is 0.0466. The summed E-state index contributed by atoms with van der Waals surface area (Å²) in [5, 5.41) is 4.54. The first-order valence-corrected chi connectivity index (χ1v) is 7.15. The summed E-state index contributed by atoms with van der Waals surface area (Å²) < 4.78 is 1.02. The number of carbonyl (C=O) groups excluding carboxylic acids is 1. The fraction of sp³-hybridized carbons (Fsp3) is 0.200. The number of Topliss-reactive ketones (excluding diaryl/α,β-unsaturated/α-hetero) is 1. The van der Waals surface area contributed by atoms with Crippen molar-refractivity contribution in [3.63, 3.8) is 0 Å². The van der Waals surface area contributed by atoms with Crippen molar-refractivity contribution in [3.05, 3.63) is 36.9 Å². The minimum Gasteiger partial charge on any atom is -0.325 e. The average molecular weight is 317 g/mol. The van der Waals surface area contributed by atoms with Crippen LogP contribution in [0.25, 0.3) is 0 Å². The van der Waals surface area contributed by atoms with Crippen LogP contribution in [0.2, 0.25) is 0 Å². The Hall–Kier alpha value is -0.560. The second-order valence-electron chi connectivity index (χ2n) is 3.16. The van der Waals surface area contributed by atoms with Crippen molar-refractivity contribution >= 4 is 44.4 Å². The van der Waals surface area contributed by atoms with Crippen LogP contribution in [0.3, 0.4) is 0 Å². The highest BCUT2D eigenvalue weighted by atomic mass is 79.9. The highest BCUT2D eigenvalue weighted by Crippen LogP contribution is 2.21. The van der Waals surface area contributed by atoms with Crippen LogP contribution in [0, 0.1) is 0 Å². The van der Waals surface area contributed by atoms with Gasteiger partial charge < -0.3 is 5.73 Å². The summed E-state index contributed by atoms with van der Waals surface area (Å²) in [5.41, 5.74) is 5.97. The fourth-order valence-corrected chi connectivity index (χ4v) is 3.36. The molecule has 2 heterocycles. The monoisotopic (exact) mass is 316 g/mol. The van der Waals surface area contributed by atoms with Gasteiger partial charge >= 0.3 is 0 Å². The molecule has 0 aliphatic heterocycles. The van der Waals surface area contributed by atoms with Gasteiger partial charge in [0.25, 0.3) is 0 Å². The summed E-state index contributed by atoms with van der Waals surface area (Å²) in [6, 6.07) is 1.96. The molecule has 2 aromatic heterocycles. The number of nitrogens with zero attached hydrogens (tertiary/aromatic N) is 1. The first kappa shape index (κ1) is 11.9. The van der Waals surface area contributed by atoms with Gasteiger partial charge in [-0.3, -0.25) is 4.79 Å². The van der Waals surface area contributed by atoms with Crippen molar-refractivity contribution in [2.45, 2.75) is 13.0 Å². The molecule has 3 nitrogen and oxygen atoms in total. The average Bonchev–Trinajstić information content (AvgIpc) is 2.87. The van der Waals surface area contributed by atoms with Crippen LogP contribution in [-0.4, -0.2) is 10.8 Å². The molecule has 0 atom stereocenters. The van der Waals surface area contributed by atoms with Gasteiger partial charge in [-0.1, -0.05) is 0 Å². The van der Waals surface area contributed by atoms with Crippen LogP contribution in [0.15, 0.2) is 21.3 Å². The maximum atomic E-state index is 11.8. The Bertz CT molecular complexity index is 506. The molecule has 2 rings (SSSR count). The van der Waals surface area contributed by atoms with Crippen LogP contribution in [0.4, 0.5) is 0 Å². The van der Waals surface area contributed by atoms with E-state index in [9.17, 15) is 4.79 Å². The van der Waals surface area contributed by atoms with E-state index in [0.717, 1.165) is 14.4 Å². The molecule has 0 aliphatic carbocycles. The Labute approximate surface area is 109 Å². The van der Waals surface area contributed by atoms with Gasteiger partial charge in [0.05, 0.1) is 0 Å². The van der Waals surface area contributed by atoms with Crippen molar-refractivity contribution in [2.24, 2.45) is 5.73 Å². The zero-order chi connectivity index (χ0) is 11.5.